The Morgan fingerprint density at radius 2 is 1.49 bits per heavy atom. The fraction of sp³-hybridized carbons (Fsp3) is 0.613. The Hall–Kier alpha value is -1.46. The van der Waals surface area contributed by atoms with Gasteiger partial charge in [0.15, 0.2) is 6.29 Å². The molecule has 4 atom stereocenters. The van der Waals surface area contributed by atoms with E-state index in [1.54, 1.807) is 0 Å². The summed E-state index contributed by atoms with van der Waals surface area (Å²) in [7, 11) is -2.45. The zero-order valence-electron chi connectivity index (χ0n) is 23.0. The Bertz CT molecular complexity index is 803. The van der Waals surface area contributed by atoms with Gasteiger partial charge in [0.25, 0.3) is 8.32 Å². The first kappa shape index (κ1) is 28.1. The molecule has 0 amide bonds. The molecule has 1 fully saturated rings. The van der Waals surface area contributed by atoms with Gasteiger partial charge in [-0.1, -0.05) is 102 Å². The van der Waals surface area contributed by atoms with Gasteiger partial charge in [-0.05, 0) is 66.3 Å². The molecule has 4 heteroatoms. The predicted molar refractivity (Wildman–Crippen MR) is 150 cm³/mol. The molecule has 1 heterocycles. The third-order valence-electron chi connectivity index (χ3n) is 7.66. The highest BCUT2D eigenvalue weighted by Gasteiger charge is 2.50. The molecule has 0 spiro atoms. The second kappa shape index (κ2) is 13.2. The molecule has 0 aromatic heterocycles. The van der Waals surface area contributed by atoms with Crippen LogP contribution in [0.4, 0.5) is 0 Å². The van der Waals surface area contributed by atoms with Crippen molar-refractivity contribution >= 4 is 18.7 Å². The molecule has 194 valence electrons. The summed E-state index contributed by atoms with van der Waals surface area (Å²) in [6.07, 6.45) is 7.21. The fourth-order valence-corrected chi connectivity index (χ4v) is 10.0. The van der Waals surface area contributed by atoms with Gasteiger partial charge in [0.1, 0.15) is 0 Å². The summed E-state index contributed by atoms with van der Waals surface area (Å²) in [6, 6.07) is 21.9. The zero-order chi connectivity index (χ0) is 25.3. The second-order valence-electron chi connectivity index (χ2n) is 11.6. The van der Waals surface area contributed by atoms with E-state index in [1.807, 2.05) is 0 Å². The minimum absolute atomic E-state index is 0.0000217. The van der Waals surface area contributed by atoms with Gasteiger partial charge >= 0.3 is 0 Å². The topological polar surface area (TPSA) is 27.7 Å². The van der Waals surface area contributed by atoms with E-state index in [-0.39, 0.29) is 17.4 Å². The van der Waals surface area contributed by atoms with Crippen molar-refractivity contribution in [2.45, 2.75) is 97.5 Å². The molecule has 0 N–H and O–H groups in total. The number of hydrogen-bond donors (Lipinski definition) is 0. The van der Waals surface area contributed by atoms with Crippen molar-refractivity contribution < 1.29 is 13.9 Å². The molecule has 35 heavy (non-hydrogen) atoms. The van der Waals surface area contributed by atoms with Crippen LogP contribution in [-0.2, 0) is 13.9 Å². The molecule has 2 aromatic carbocycles. The summed E-state index contributed by atoms with van der Waals surface area (Å²) in [4.78, 5) is 0. The van der Waals surface area contributed by atoms with Crippen LogP contribution in [0.1, 0.15) is 80.1 Å². The smallest absolute Gasteiger partial charge is 0.261 e. The van der Waals surface area contributed by atoms with E-state index in [9.17, 15) is 0 Å². The molecule has 3 rings (SSSR count). The van der Waals surface area contributed by atoms with Crippen LogP contribution in [0.25, 0.3) is 0 Å². The number of hydrogen-bond acceptors (Lipinski definition) is 3. The first-order chi connectivity index (χ1) is 16.7. The molecule has 0 saturated carbocycles. The van der Waals surface area contributed by atoms with Crippen LogP contribution >= 0.6 is 0 Å². The Kier molecular flexibility index (Phi) is 10.6. The third-order valence-corrected chi connectivity index (χ3v) is 12.7. The number of rotatable bonds is 12. The largest absolute Gasteiger partial charge is 0.407 e. The number of ether oxygens (including phenoxy) is 2. The van der Waals surface area contributed by atoms with Gasteiger partial charge in [0.05, 0.1) is 6.10 Å². The van der Waals surface area contributed by atoms with Crippen LogP contribution in [0, 0.1) is 11.8 Å². The summed E-state index contributed by atoms with van der Waals surface area (Å²) < 4.78 is 19.1. The standard InChI is InChI=1S/C31H48O3Si/c1-25(16-15-17-26(2)27(3)34-30-22-13-14-23-32-30)24-33-35(31(4,5)6,28-18-9-7-10-19-28)29-20-11-8-12-21-29/h7-12,18-21,25-27,30H,13-17,22-24H2,1-6H3/t25-,26+,27?,30?/m0/s1. The van der Waals surface area contributed by atoms with Crippen molar-refractivity contribution in [1.82, 2.24) is 0 Å². The van der Waals surface area contributed by atoms with Crippen molar-refractivity contribution in [3.63, 3.8) is 0 Å². The van der Waals surface area contributed by atoms with Crippen molar-refractivity contribution in [1.29, 1.82) is 0 Å². The van der Waals surface area contributed by atoms with Gasteiger partial charge in [-0.25, -0.2) is 0 Å². The quantitative estimate of drug-likeness (QED) is 0.298. The lowest BCUT2D eigenvalue weighted by Crippen LogP contribution is -2.66. The van der Waals surface area contributed by atoms with E-state index < -0.39 is 8.32 Å². The molecule has 2 aromatic rings. The summed E-state index contributed by atoms with van der Waals surface area (Å²) in [5.74, 6) is 1.05. The highest BCUT2D eigenvalue weighted by atomic mass is 28.4. The Morgan fingerprint density at radius 3 is 2.00 bits per heavy atom. The lowest BCUT2D eigenvalue weighted by molar-refractivity contribution is -0.193. The Labute approximate surface area is 215 Å². The number of benzene rings is 2. The first-order valence-corrected chi connectivity index (χ1v) is 15.7. The van der Waals surface area contributed by atoms with Crippen molar-refractivity contribution in [2.75, 3.05) is 13.2 Å². The average Bonchev–Trinajstić information content (AvgIpc) is 2.85. The highest BCUT2D eigenvalue weighted by molar-refractivity contribution is 6.99. The zero-order valence-corrected chi connectivity index (χ0v) is 24.0. The monoisotopic (exact) mass is 496 g/mol. The van der Waals surface area contributed by atoms with Gasteiger partial charge in [-0.2, -0.15) is 0 Å². The predicted octanol–water partition coefficient (Wildman–Crippen LogP) is 6.94. The van der Waals surface area contributed by atoms with Crippen LogP contribution < -0.4 is 10.4 Å². The minimum Gasteiger partial charge on any atom is -0.407 e. The Balaban J connectivity index is 1.59. The van der Waals surface area contributed by atoms with Crippen LogP contribution in [0.5, 0.6) is 0 Å². The van der Waals surface area contributed by atoms with Gasteiger partial charge < -0.3 is 13.9 Å². The van der Waals surface area contributed by atoms with Crippen molar-refractivity contribution in [3.8, 4) is 0 Å². The lowest BCUT2D eigenvalue weighted by Gasteiger charge is -2.43. The maximum Gasteiger partial charge on any atom is 0.261 e. The van der Waals surface area contributed by atoms with Gasteiger partial charge in [0, 0.05) is 13.2 Å². The SMILES string of the molecule is CC(OC1CCCCO1)[C@H](C)CCC[C@H](C)CO[Si](c1ccccc1)(c1ccccc1)C(C)(C)C. The molecule has 0 radical (unpaired) electrons. The molecule has 1 aliphatic rings. The van der Waals surface area contributed by atoms with E-state index in [4.69, 9.17) is 13.9 Å². The van der Waals surface area contributed by atoms with Gasteiger partial charge in [0.2, 0.25) is 0 Å². The van der Waals surface area contributed by atoms with Gasteiger partial charge in [-0.3, -0.25) is 0 Å². The van der Waals surface area contributed by atoms with E-state index in [0.29, 0.717) is 11.8 Å². The molecule has 0 aliphatic carbocycles. The van der Waals surface area contributed by atoms with E-state index in [0.717, 1.165) is 26.1 Å². The van der Waals surface area contributed by atoms with E-state index in [1.165, 1.54) is 36.1 Å². The normalized spacial score (nSPS) is 19.8. The van der Waals surface area contributed by atoms with Crippen molar-refractivity contribution in [2.24, 2.45) is 11.8 Å². The maximum atomic E-state index is 7.13. The first-order valence-electron chi connectivity index (χ1n) is 13.8. The van der Waals surface area contributed by atoms with Crippen LogP contribution in [-0.4, -0.2) is 33.9 Å². The maximum absolute atomic E-state index is 7.13. The van der Waals surface area contributed by atoms with Crippen LogP contribution in [0.15, 0.2) is 60.7 Å². The van der Waals surface area contributed by atoms with Crippen LogP contribution in [0.3, 0.4) is 0 Å². The van der Waals surface area contributed by atoms with Gasteiger partial charge in [-0.15, -0.1) is 0 Å². The second-order valence-corrected chi connectivity index (χ2v) is 15.9. The molecule has 1 saturated heterocycles. The molecule has 3 nitrogen and oxygen atoms in total. The lowest BCUT2D eigenvalue weighted by atomic mass is 9.95. The summed E-state index contributed by atoms with van der Waals surface area (Å²) >= 11 is 0. The fourth-order valence-electron chi connectivity index (χ4n) is 5.33. The van der Waals surface area contributed by atoms with E-state index >= 15 is 0 Å². The van der Waals surface area contributed by atoms with E-state index in [2.05, 4.69) is 102 Å². The summed E-state index contributed by atoms with van der Waals surface area (Å²) in [6.45, 7) is 15.6. The van der Waals surface area contributed by atoms with Crippen LogP contribution in [0.2, 0.25) is 5.04 Å². The third kappa shape index (κ3) is 7.52. The Morgan fingerprint density at radius 1 is 0.886 bits per heavy atom. The summed E-state index contributed by atoms with van der Waals surface area (Å²) in [5, 5.41) is 2.74. The molecule has 0 bridgehead atoms. The molecular formula is C31H48O3Si. The average molecular weight is 497 g/mol. The highest BCUT2D eigenvalue weighted by Crippen LogP contribution is 2.37. The summed E-state index contributed by atoms with van der Waals surface area (Å²) in [5.41, 5.74) is 0. The molecular weight excluding hydrogens is 448 g/mol. The van der Waals surface area contributed by atoms with Crippen molar-refractivity contribution in [3.05, 3.63) is 60.7 Å². The molecule has 1 aliphatic heterocycles. The molecule has 2 unspecified atom stereocenters. The minimum atomic E-state index is -2.45.